The van der Waals surface area contributed by atoms with E-state index in [1.165, 1.54) is 6.42 Å². The van der Waals surface area contributed by atoms with Gasteiger partial charge < -0.3 is 20.7 Å². The number of fused-ring (bicyclic) bond motifs is 1. The van der Waals surface area contributed by atoms with Crippen molar-refractivity contribution in [1.29, 1.82) is 0 Å². The maximum atomic E-state index is 12.3. The van der Waals surface area contributed by atoms with Gasteiger partial charge in [-0.15, -0.1) is 0 Å². The van der Waals surface area contributed by atoms with Crippen LogP contribution in [0.3, 0.4) is 0 Å². The first-order chi connectivity index (χ1) is 15.5. The fourth-order valence-corrected chi connectivity index (χ4v) is 3.40. The second kappa shape index (κ2) is 9.78. The number of nitrogens with one attached hydrogen (secondary N) is 3. The van der Waals surface area contributed by atoms with E-state index >= 15 is 0 Å². The number of aryl methyl sites for hydroxylation is 1. The van der Waals surface area contributed by atoms with Gasteiger partial charge in [-0.25, -0.2) is 9.78 Å². The molecular weight excluding hydrogens is 431 g/mol. The van der Waals surface area contributed by atoms with Gasteiger partial charge in [0.05, 0.1) is 0 Å². The number of ether oxygens (including phenoxy) is 1. The zero-order chi connectivity index (χ0) is 22.1. The number of nitrogens with zero attached hydrogens (tertiary/aromatic N) is 3. The van der Waals surface area contributed by atoms with E-state index in [4.69, 9.17) is 4.74 Å². The molecule has 10 heteroatoms. The van der Waals surface area contributed by atoms with Crippen molar-refractivity contribution in [3.8, 4) is 5.75 Å². The Morgan fingerprint density at radius 1 is 1.06 bits per heavy atom. The molecule has 5 rings (SSSR count). The summed E-state index contributed by atoms with van der Waals surface area (Å²) < 4.78 is 4.98. The van der Waals surface area contributed by atoms with Gasteiger partial charge in [-0.3, -0.25) is 4.79 Å². The van der Waals surface area contributed by atoms with Crippen LogP contribution in [0.1, 0.15) is 35.2 Å². The topological polar surface area (TPSA) is 119 Å². The number of benzene rings is 2. The van der Waals surface area contributed by atoms with Crippen molar-refractivity contribution < 1.29 is 14.3 Å². The molecule has 2 aromatic carbocycles. The van der Waals surface area contributed by atoms with Crippen molar-refractivity contribution in [3.63, 3.8) is 0 Å². The summed E-state index contributed by atoms with van der Waals surface area (Å²) in [6.07, 6.45) is 4.38. The SMILES string of the molecule is Cc1cnc(Nc2ccc(C(=O)NC3CCC3)cc2)nc1Nc1ccc2c(c1)[N]C(=O)O2.[NaH]. The Kier molecular flexibility index (Phi) is 6.83. The molecule has 2 heterocycles. The predicted molar refractivity (Wildman–Crippen MR) is 126 cm³/mol. The molecule has 33 heavy (non-hydrogen) atoms. The molecule has 0 atom stereocenters. The Balaban J connectivity index is 0.00000259. The Labute approximate surface area is 213 Å². The van der Waals surface area contributed by atoms with Crippen LogP contribution >= 0.6 is 0 Å². The summed E-state index contributed by atoms with van der Waals surface area (Å²) in [5.74, 6) is 1.41. The summed E-state index contributed by atoms with van der Waals surface area (Å²) >= 11 is 0. The molecule has 0 unspecified atom stereocenters. The van der Waals surface area contributed by atoms with Gasteiger partial charge in [0, 0.05) is 34.7 Å². The monoisotopic (exact) mass is 453 g/mol. The van der Waals surface area contributed by atoms with Gasteiger partial charge in [0.1, 0.15) is 11.5 Å². The second-order valence-corrected chi connectivity index (χ2v) is 7.82. The van der Waals surface area contributed by atoms with E-state index in [9.17, 15) is 9.59 Å². The molecule has 2 amide bonds. The molecule has 3 aromatic rings. The number of amides is 2. The van der Waals surface area contributed by atoms with E-state index in [2.05, 4.69) is 31.2 Å². The van der Waals surface area contributed by atoms with Crippen LogP contribution in [-0.2, 0) is 0 Å². The molecule has 0 saturated heterocycles. The number of anilines is 4. The Bertz CT molecular complexity index is 1200. The Hall–Kier alpha value is -3.14. The van der Waals surface area contributed by atoms with Gasteiger partial charge in [-0.1, -0.05) is 0 Å². The number of hydrogen-bond acceptors (Lipinski definition) is 7. The van der Waals surface area contributed by atoms with E-state index in [1.54, 1.807) is 36.5 Å². The summed E-state index contributed by atoms with van der Waals surface area (Å²) in [4.78, 5) is 32.4. The van der Waals surface area contributed by atoms with Crippen LogP contribution in [0.25, 0.3) is 0 Å². The van der Waals surface area contributed by atoms with E-state index in [0.29, 0.717) is 34.8 Å². The van der Waals surface area contributed by atoms with Crippen LogP contribution in [-0.4, -0.2) is 57.6 Å². The van der Waals surface area contributed by atoms with Crippen molar-refractivity contribution in [2.45, 2.75) is 32.2 Å². The summed E-state index contributed by atoms with van der Waals surface area (Å²) in [5.41, 5.74) is 3.45. The first kappa shape index (κ1) is 23.0. The molecule has 1 aromatic heterocycles. The van der Waals surface area contributed by atoms with Crippen LogP contribution in [0.2, 0.25) is 0 Å². The molecular formula is C23H22N6NaO3. The first-order valence-electron chi connectivity index (χ1n) is 10.4. The number of carbonyl (C=O) groups is 2. The van der Waals surface area contributed by atoms with Crippen LogP contribution in [0.15, 0.2) is 48.7 Å². The van der Waals surface area contributed by atoms with Crippen molar-refractivity contribution in [1.82, 2.24) is 20.6 Å². The third-order valence-electron chi connectivity index (χ3n) is 5.45. The fourth-order valence-electron chi connectivity index (χ4n) is 3.40. The van der Waals surface area contributed by atoms with E-state index in [-0.39, 0.29) is 35.5 Å². The van der Waals surface area contributed by atoms with Crippen molar-refractivity contribution in [2.75, 3.05) is 10.6 Å². The van der Waals surface area contributed by atoms with E-state index in [1.807, 2.05) is 19.1 Å². The average Bonchev–Trinajstić information content (AvgIpc) is 3.13. The molecule has 9 nitrogen and oxygen atoms in total. The van der Waals surface area contributed by atoms with Crippen molar-refractivity contribution >= 4 is 70.4 Å². The number of aromatic nitrogens is 2. The molecule has 1 aliphatic carbocycles. The minimum atomic E-state index is -0.617. The second-order valence-electron chi connectivity index (χ2n) is 7.82. The summed E-state index contributed by atoms with van der Waals surface area (Å²) in [6, 6.07) is 12.7. The van der Waals surface area contributed by atoms with Gasteiger partial charge in [-0.2, -0.15) is 10.3 Å². The van der Waals surface area contributed by atoms with E-state index < -0.39 is 6.09 Å². The molecule has 1 aliphatic heterocycles. The number of rotatable bonds is 6. The van der Waals surface area contributed by atoms with Gasteiger partial charge in [-0.05, 0) is 68.7 Å². The van der Waals surface area contributed by atoms with Crippen molar-refractivity contribution in [3.05, 3.63) is 59.8 Å². The summed E-state index contributed by atoms with van der Waals surface area (Å²) in [6.45, 7) is 1.89. The molecule has 2 aliphatic rings. The zero-order valence-corrected chi connectivity index (χ0v) is 17.4. The molecule has 3 N–H and O–H groups in total. The third-order valence-corrected chi connectivity index (χ3v) is 5.45. The number of carbonyl (C=O) groups excluding carboxylic acids is 2. The molecule has 1 saturated carbocycles. The van der Waals surface area contributed by atoms with Gasteiger partial charge in [0.25, 0.3) is 5.91 Å². The van der Waals surface area contributed by atoms with Crippen LogP contribution in [0.5, 0.6) is 5.75 Å². The van der Waals surface area contributed by atoms with Gasteiger partial charge >= 0.3 is 35.7 Å². The van der Waals surface area contributed by atoms with Gasteiger partial charge in [0.2, 0.25) is 5.95 Å². The molecule has 1 radical (unpaired) electrons. The number of hydrogen-bond donors (Lipinski definition) is 3. The summed E-state index contributed by atoms with van der Waals surface area (Å²) in [5, 5.41) is 13.2. The fraction of sp³-hybridized carbons (Fsp3) is 0.217. The maximum absolute atomic E-state index is 12.3. The normalized spacial score (nSPS) is 14.2. The molecule has 0 spiro atoms. The Morgan fingerprint density at radius 3 is 2.55 bits per heavy atom. The standard InChI is InChI=1S/C23H21N6O3.Na.H/c1-13-12-24-22(27-16-7-5-14(6-8-16)21(30)26-15-3-2-4-15)29-20(13)25-17-9-10-19-18(11-17)28-23(31)32-19;;/h5-12,15H,2-4H2,1H3,(H,26,30)(H2,24,25,27,29);;. The first-order valence-corrected chi connectivity index (χ1v) is 10.4. The quantitative estimate of drug-likeness (QED) is 0.487. The van der Waals surface area contributed by atoms with Gasteiger partial charge in [0.15, 0.2) is 5.75 Å². The predicted octanol–water partition coefficient (Wildman–Crippen LogP) is 3.65. The van der Waals surface area contributed by atoms with Crippen molar-refractivity contribution in [2.24, 2.45) is 0 Å². The van der Waals surface area contributed by atoms with Crippen LogP contribution in [0.4, 0.5) is 33.6 Å². The Morgan fingerprint density at radius 2 is 1.82 bits per heavy atom. The van der Waals surface area contributed by atoms with Crippen LogP contribution < -0.4 is 26.0 Å². The third kappa shape index (κ3) is 5.27. The molecule has 1 fully saturated rings. The molecule has 163 valence electrons. The average molecular weight is 453 g/mol. The van der Waals surface area contributed by atoms with Crippen LogP contribution in [0, 0.1) is 6.92 Å². The minimum absolute atomic E-state index is 0. The zero-order valence-electron chi connectivity index (χ0n) is 17.4. The molecule has 0 bridgehead atoms. The van der Waals surface area contributed by atoms with E-state index in [0.717, 1.165) is 29.8 Å². The summed E-state index contributed by atoms with van der Waals surface area (Å²) in [7, 11) is 0.